The molecule has 22 nitrogen and oxygen atoms in total. The van der Waals surface area contributed by atoms with Crippen LogP contribution in [0.25, 0.3) is 10.9 Å². The normalized spacial score (nSPS) is 39.4. The maximum Gasteiger partial charge on any atom is 0.407 e. The molecular formula is C59H93N3O19. The number of nitrogens with zero attached hydrogens (tertiary/aromatic N) is 2. The molecule has 1 aromatic carbocycles. The van der Waals surface area contributed by atoms with Crippen LogP contribution >= 0.6 is 0 Å². The van der Waals surface area contributed by atoms with Crippen LogP contribution in [0.2, 0.25) is 0 Å². The Hall–Kier alpha value is -3.88. The van der Waals surface area contributed by atoms with Crippen LogP contribution in [0, 0.1) is 23.7 Å². The zero-order valence-corrected chi connectivity index (χ0v) is 50.4. The maximum absolute atomic E-state index is 14.7. The fourth-order valence-electron chi connectivity index (χ4n) is 13.4. The van der Waals surface area contributed by atoms with E-state index in [4.69, 9.17) is 52.1 Å². The molecule has 2 aromatic rings. The Labute approximate surface area is 476 Å². The first-order valence-corrected chi connectivity index (χ1v) is 28.9. The second kappa shape index (κ2) is 25.8. The van der Waals surface area contributed by atoms with E-state index < -0.39 is 131 Å². The van der Waals surface area contributed by atoms with E-state index in [1.807, 2.05) is 73.5 Å². The third-order valence-electron chi connectivity index (χ3n) is 17.7. The molecule has 22 heteroatoms. The highest BCUT2D eigenvalue weighted by atomic mass is 16.7. The molecule has 1 aromatic heterocycles. The molecule has 0 spiro atoms. The van der Waals surface area contributed by atoms with Gasteiger partial charge in [0.1, 0.15) is 34.7 Å². The van der Waals surface area contributed by atoms with Gasteiger partial charge in [0.15, 0.2) is 25.0 Å². The van der Waals surface area contributed by atoms with Gasteiger partial charge in [-0.25, -0.2) is 9.59 Å². The highest BCUT2D eigenvalue weighted by Crippen LogP contribution is 2.44. The van der Waals surface area contributed by atoms with Gasteiger partial charge in [-0.15, -0.1) is 0 Å². The summed E-state index contributed by atoms with van der Waals surface area (Å²) in [6, 6.07) is 3.37. The number of aliphatic hydroxyl groups is 3. The number of alkyl carbamates (subject to hydrolysis) is 1. The molecule has 1 amide bonds. The monoisotopic (exact) mass is 1150 g/mol. The van der Waals surface area contributed by atoms with E-state index in [2.05, 4.69) is 5.32 Å². The van der Waals surface area contributed by atoms with Gasteiger partial charge in [-0.1, -0.05) is 33.8 Å². The van der Waals surface area contributed by atoms with Gasteiger partial charge in [-0.05, 0) is 126 Å². The van der Waals surface area contributed by atoms with Gasteiger partial charge in [0.05, 0.1) is 66.9 Å². The second-order valence-corrected chi connectivity index (χ2v) is 25.0. The van der Waals surface area contributed by atoms with E-state index in [0.717, 1.165) is 11.1 Å². The number of carboxylic acid groups (broad SMARTS) is 1. The number of cyclic esters (lactones) is 1. The number of pyridine rings is 1. The van der Waals surface area contributed by atoms with E-state index in [0.29, 0.717) is 36.8 Å². The van der Waals surface area contributed by atoms with Crippen molar-refractivity contribution in [2.75, 3.05) is 41.0 Å². The number of ether oxygens (including phenoxy) is 11. The molecule has 5 aliphatic rings. The topological polar surface area (TPSA) is 271 Å². The van der Waals surface area contributed by atoms with Gasteiger partial charge in [-0.3, -0.25) is 9.59 Å². The third-order valence-corrected chi connectivity index (χ3v) is 17.7. The number of nitrogens with one attached hydrogen (secondary N) is 1. The smallest absolute Gasteiger partial charge is 0.407 e. The van der Waals surface area contributed by atoms with Crippen LogP contribution in [0.1, 0.15) is 144 Å². The first kappa shape index (κ1) is 64.7. The highest BCUT2D eigenvalue weighted by molar-refractivity contribution is 5.94. The number of aryl methyl sites for hydroxylation is 1. The molecule has 458 valence electrons. The molecule has 2 bridgehead atoms. The lowest BCUT2D eigenvalue weighted by molar-refractivity contribution is -0.325. The summed E-state index contributed by atoms with van der Waals surface area (Å²) in [5.41, 5.74) is -3.97. The Morgan fingerprint density at radius 3 is 2.26 bits per heavy atom. The highest BCUT2D eigenvalue weighted by Gasteiger charge is 2.56. The fourth-order valence-corrected chi connectivity index (χ4v) is 13.4. The predicted molar refractivity (Wildman–Crippen MR) is 295 cm³/mol. The van der Waals surface area contributed by atoms with Crippen LogP contribution in [-0.2, 0) is 75.7 Å². The van der Waals surface area contributed by atoms with Crippen LogP contribution < -0.4 is 10.7 Å². The largest absolute Gasteiger partial charge is 0.477 e. The van der Waals surface area contributed by atoms with Crippen LogP contribution in [0.4, 0.5) is 4.79 Å². The van der Waals surface area contributed by atoms with Crippen LogP contribution in [-0.4, -0.2) is 186 Å². The number of methoxy groups -OCH3 is 1. The molecule has 4 fully saturated rings. The van der Waals surface area contributed by atoms with Crippen molar-refractivity contribution in [1.82, 2.24) is 14.8 Å². The summed E-state index contributed by atoms with van der Waals surface area (Å²) >= 11 is 0. The lowest BCUT2D eigenvalue weighted by Gasteiger charge is -2.51. The minimum atomic E-state index is -1.69. The Balaban J connectivity index is 1.04. The van der Waals surface area contributed by atoms with E-state index in [-0.39, 0.29) is 62.6 Å². The van der Waals surface area contributed by atoms with Gasteiger partial charge >= 0.3 is 18.0 Å². The van der Waals surface area contributed by atoms with E-state index in [1.54, 1.807) is 52.2 Å². The average molecular weight is 1150 g/mol. The molecule has 0 aliphatic carbocycles. The maximum atomic E-state index is 14.7. The van der Waals surface area contributed by atoms with Crippen molar-refractivity contribution in [3.05, 3.63) is 45.2 Å². The van der Waals surface area contributed by atoms with Crippen LogP contribution in [0.3, 0.4) is 0 Å². The third kappa shape index (κ3) is 14.0. The number of benzene rings is 1. The van der Waals surface area contributed by atoms with Crippen molar-refractivity contribution in [1.29, 1.82) is 0 Å². The molecule has 0 unspecified atom stereocenters. The minimum absolute atomic E-state index is 0.0201. The number of hydrogen-bond donors (Lipinski definition) is 5. The lowest BCUT2D eigenvalue weighted by atomic mass is 9.73. The van der Waals surface area contributed by atoms with Gasteiger partial charge < -0.3 is 87.3 Å². The zero-order valence-electron chi connectivity index (χ0n) is 50.4. The molecule has 6 heterocycles. The lowest BCUT2D eigenvalue weighted by Crippen LogP contribution is -2.63. The van der Waals surface area contributed by atoms with Crippen LogP contribution in [0.15, 0.2) is 23.1 Å². The van der Waals surface area contributed by atoms with Gasteiger partial charge in [0, 0.05) is 61.7 Å². The Kier molecular flexibility index (Phi) is 20.6. The van der Waals surface area contributed by atoms with Crippen LogP contribution in [0.5, 0.6) is 0 Å². The number of esters is 1. The first-order valence-electron chi connectivity index (χ1n) is 28.9. The quantitative estimate of drug-likeness (QED) is 0.101. The number of fused-ring (bicyclic) bond motifs is 2. The second-order valence-electron chi connectivity index (χ2n) is 25.0. The van der Waals surface area contributed by atoms with Crippen molar-refractivity contribution < 1.29 is 86.9 Å². The number of carbonyl (C=O) groups excluding carboxylic acids is 2. The van der Waals surface area contributed by atoms with Crippen molar-refractivity contribution >= 4 is 28.9 Å². The Morgan fingerprint density at radius 2 is 1.60 bits per heavy atom. The van der Waals surface area contributed by atoms with E-state index in [1.165, 1.54) is 13.3 Å². The number of hydrogen-bond acceptors (Lipinski definition) is 19. The van der Waals surface area contributed by atoms with Gasteiger partial charge in [0.2, 0.25) is 5.43 Å². The minimum Gasteiger partial charge on any atom is -0.477 e. The number of likely N-dealkylation sites (N-methyl/N-ethyl adjacent to an activating group) is 1. The molecule has 81 heavy (non-hydrogen) atoms. The number of rotatable bonds is 16. The number of aliphatic hydroxyl groups excluding tert-OH is 1. The number of carbonyl (C=O) groups is 3. The Bertz CT molecular complexity index is 2570. The first-order chi connectivity index (χ1) is 37.8. The van der Waals surface area contributed by atoms with Crippen molar-refractivity contribution in [2.45, 2.75) is 238 Å². The molecule has 20 atom stereocenters. The average Bonchev–Trinajstić information content (AvgIpc) is 3.45. The number of aromatic carboxylic acids is 1. The van der Waals surface area contributed by atoms with Crippen molar-refractivity contribution in [3.8, 4) is 0 Å². The number of amides is 1. The molecule has 4 saturated heterocycles. The predicted octanol–water partition coefficient (Wildman–Crippen LogP) is 5.60. The SMILES string of the molecule is CC[C@H]1OC(=O)[C@H](C)[C@@H](O[C@H]2C[C@@](C)(OC)[C@@H](OC(=O)NCCOCCCc3cc4c5c(c3)c(=O)c(C(=O)O)cn5C(C)(C)OC4)[C@H](C)O2)[C@H](C)[C@@H](O[C@H]2O[C@@H](C)C[C@@H](N(C)C)[C@@H]2O)[C@](C)(O)C[C@@H](C)[C@@H]2O[C@H](C)O[C@H]([C@H]2C)[C@]1(C)O. The molecular weight excluding hydrogens is 1050 g/mol. The molecule has 7 rings (SSSR count). The standard InChI is InChI=1S/C59H93N3O19/c1-17-42-59(13,70)50-32(4)47(76-36(8)77-50)30(2)26-57(11,69)49(80-54-46(64)41(61(14)15)23-31(3)74-54)33(5)48(34(6)53(67)78-42)79-43-27-58(12,71-16)51(35(7)75-43)81-55(68)60-20-22-72-21-18-19-37-24-38-29-73-56(9,10)62-28-40(52(65)66)45(63)39(25-37)44(38)62/h24-25,28,30-36,41-43,46-51,54,64,69-70H,17-23,26-27,29H2,1-16H3,(H,60,68)(H,65,66)/t30-,31+,32+,33+,34-,35+,36+,41-,42-,43+,46+,47+,48+,49-,50-,51+,54-,57-,58-,59-/m1/s1. The number of carboxylic acids is 1. The molecule has 5 aliphatic heterocycles. The summed E-state index contributed by atoms with van der Waals surface area (Å²) < 4.78 is 71.3. The summed E-state index contributed by atoms with van der Waals surface area (Å²) in [4.78, 5) is 55.4. The van der Waals surface area contributed by atoms with Crippen molar-refractivity contribution in [2.24, 2.45) is 23.7 Å². The zero-order chi connectivity index (χ0) is 59.8. The van der Waals surface area contributed by atoms with Crippen molar-refractivity contribution in [3.63, 3.8) is 0 Å². The summed E-state index contributed by atoms with van der Waals surface area (Å²) in [7, 11) is 5.24. The summed E-state index contributed by atoms with van der Waals surface area (Å²) in [6.45, 7) is 24.1. The van der Waals surface area contributed by atoms with E-state index in [9.17, 15) is 39.6 Å². The molecule has 0 saturated carbocycles. The van der Waals surface area contributed by atoms with Gasteiger partial charge in [0.25, 0.3) is 0 Å². The summed E-state index contributed by atoms with van der Waals surface area (Å²) in [5, 5.41) is 50.0. The summed E-state index contributed by atoms with van der Waals surface area (Å²) in [5.74, 6) is -4.67. The Morgan fingerprint density at radius 1 is 0.901 bits per heavy atom. The molecule has 0 radical (unpaired) electrons. The fraction of sp³-hybridized carbons (Fsp3) is 0.797. The summed E-state index contributed by atoms with van der Waals surface area (Å²) in [6.07, 6.45) is -8.13. The number of aromatic nitrogens is 1. The van der Waals surface area contributed by atoms with Gasteiger partial charge in [-0.2, -0.15) is 0 Å². The van der Waals surface area contributed by atoms with E-state index >= 15 is 0 Å². The molecule has 5 N–H and O–H groups in total.